The molecule has 0 N–H and O–H groups in total. The van der Waals surface area contributed by atoms with Crippen LogP contribution in [0.1, 0.15) is 52.6 Å². The quantitative estimate of drug-likeness (QED) is 0.370. The van der Waals surface area contributed by atoms with E-state index >= 15 is 0 Å². The normalized spacial score (nSPS) is 12.9. The molecule has 1 aliphatic rings. The molecule has 0 aromatic heterocycles. The van der Waals surface area contributed by atoms with Gasteiger partial charge in [-0.2, -0.15) is 0 Å². The van der Waals surface area contributed by atoms with Gasteiger partial charge in [-0.3, -0.25) is 29.0 Å². The lowest BCUT2D eigenvalue weighted by atomic mass is 10.0. The van der Waals surface area contributed by atoms with Gasteiger partial charge in [0, 0.05) is 5.69 Å². The number of amides is 3. The van der Waals surface area contributed by atoms with Gasteiger partial charge in [-0.05, 0) is 56.5 Å². The molecular formula is C29H28N2O5. The van der Waals surface area contributed by atoms with Gasteiger partial charge in [0.25, 0.3) is 11.8 Å². The summed E-state index contributed by atoms with van der Waals surface area (Å²) < 4.78 is 5.48. The number of esters is 1. The van der Waals surface area contributed by atoms with Crippen molar-refractivity contribution in [3.8, 4) is 0 Å². The molecule has 0 unspecified atom stereocenters. The number of hydrogen-bond acceptors (Lipinski definition) is 5. The fourth-order valence-electron chi connectivity index (χ4n) is 4.15. The van der Waals surface area contributed by atoms with E-state index in [-0.39, 0.29) is 17.7 Å². The largest absolute Gasteiger partial charge is 0.459 e. The summed E-state index contributed by atoms with van der Waals surface area (Å²) in [5.41, 5.74) is 2.17. The molecule has 184 valence electrons. The molecule has 3 aromatic rings. The molecule has 7 heteroatoms. The van der Waals surface area contributed by atoms with E-state index in [1.54, 1.807) is 57.2 Å². The highest BCUT2D eigenvalue weighted by atomic mass is 16.6. The van der Waals surface area contributed by atoms with Gasteiger partial charge >= 0.3 is 5.97 Å². The zero-order chi connectivity index (χ0) is 25.9. The van der Waals surface area contributed by atoms with Crippen molar-refractivity contribution in [1.29, 1.82) is 0 Å². The van der Waals surface area contributed by atoms with Crippen molar-refractivity contribution in [2.75, 3.05) is 18.0 Å². The molecule has 3 aromatic carbocycles. The number of fused-ring (bicyclic) bond motifs is 1. The standard InChI is InChI=1S/C29H28N2O5/c1-29(2,3)36-26(33)19-30(24-16-10-7-13-21(24)17-20-11-5-4-6-12-20)25(32)18-31-27(34)22-14-8-9-15-23(22)28(31)35/h4-16H,17-19H2,1-3H3. The van der Waals surface area contributed by atoms with Crippen molar-refractivity contribution in [3.63, 3.8) is 0 Å². The van der Waals surface area contributed by atoms with Crippen LogP contribution in [0.25, 0.3) is 0 Å². The summed E-state index contributed by atoms with van der Waals surface area (Å²) >= 11 is 0. The molecule has 0 radical (unpaired) electrons. The molecule has 7 nitrogen and oxygen atoms in total. The minimum Gasteiger partial charge on any atom is -0.459 e. The second-order valence-corrected chi connectivity index (χ2v) is 9.60. The monoisotopic (exact) mass is 484 g/mol. The summed E-state index contributed by atoms with van der Waals surface area (Å²) in [6, 6.07) is 23.5. The van der Waals surface area contributed by atoms with Gasteiger partial charge in [-0.1, -0.05) is 60.7 Å². The summed E-state index contributed by atoms with van der Waals surface area (Å²) in [6.07, 6.45) is 0.530. The summed E-state index contributed by atoms with van der Waals surface area (Å²) in [5.74, 6) is -2.21. The molecule has 0 saturated heterocycles. The number of carbonyl (C=O) groups is 4. The second-order valence-electron chi connectivity index (χ2n) is 9.60. The first-order chi connectivity index (χ1) is 17.1. The number of rotatable bonds is 7. The van der Waals surface area contributed by atoms with Gasteiger partial charge in [0.05, 0.1) is 11.1 Å². The number of hydrogen-bond donors (Lipinski definition) is 0. The van der Waals surface area contributed by atoms with E-state index in [0.717, 1.165) is 16.0 Å². The Balaban J connectivity index is 1.65. The van der Waals surface area contributed by atoms with Crippen LogP contribution in [-0.2, 0) is 20.7 Å². The summed E-state index contributed by atoms with van der Waals surface area (Å²) in [4.78, 5) is 54.4. The first kappa shape index (κ1) is 24.9. The Hall–Kier alpha value is -4.26. The van der Waals surface area contributed by atoms with Gasteiger partial charge in [0.1, 0.15) is 18.7 Å². The predicted molar refractivity (Wildman–Crippen MR) is 136 cm³/mol. The van der Waals surface area contributed by atoms with Crippen LogP contribution in [-0.4, -0.2) is 47.3 Å². The molecule has 0 aliphatic carbocycles. The lowest BCUT2D eigenvalue weighted by Gasteiger charge is -2.28. The molecule has 0 atom stereocenters. The lowest BCUT2D eigenvalue weighted by molar-refractivity contribution is -0.153. The maximum atomic E-state index is 13.6. The third-order valence-corrected chi connectivity index (χ3v) is 5.70. The van der Waals surface area contributed by atoms with E-state index in [4.69, 9.17) is 4.74 Å². The number of carbonyl (C=O) groups excluding carboxylic acids is 4. The van der Waals surface area contributed by atoms with Crippen molar-refractivity contribution in [2.24, 2.45) is 0 Å². The average Bonchev–Trinajstić information content (AvgIpc) is 3.07. The van der Waals surface area contributed by atoms with Crippen LogP contribution in [0.3, 0.4) is 0 Å². The minimum atomic E-state index is -0.738. The van der Waals surface area contributed by atoms with Crippen LogP contribution in [0.15, 0.2) is 78.9 Å². The van der Waals surface area contributed by atoms with Crippen LogP contribution in [0.5, 0.6) is 0 Å². The molecular weight excluding hydrogens is 456 g/mol. The highest BCUT2D eigenvalue weighted by Gasteiger charge is 2.38. The number of para-hydroxylation sites is 1. The fourth-order valence-corrected chi connectivity index (χ4v) is 4.15. The Morgan fingerprint density at radius 2 is 1.36 bits per heavy atom. The SMILES string of the molecule is CC(C)(C)OC(=O)CN(C(=O)CN1C(=O)c2ccccc2C1=O)c1ccccc1Cc1ccccc1. The Morgan fingerprint density at radius 3 is 1.97 bits per heavy atom. The van der Waals surface area contributed by atoms with Crippen molar-refractivity contribution in [2.45, 2.75) is 32.8 Å². The van der Waals surface area contributed by atoms with E-state index < -0.39 is 35.8 Å². The highest BCUT2D eigenvalue weighted by molar-refractivity contribution is 6.22. The van der Waals surface area contributed by atoms with Crippen LogP contribution in [0, 0.1) is 0 Å². The summed E-state index contributed by atoms with van der Waals surface area (Å²) in [6.45, 7) is 4.40. The van der Waals surface area contributed by atoms with Crippen molar-refractivity contribution < 1.29 is 23.9 Å². The Morgan fingerprint density at radius 1 is 0.806 bits per heavy atom. The van der Waals surface area contributed by atoms with Gasteiger partial charge < -0.3 is 4.74 Å². The van der Waals surface area contributed by atoms with Crippen LogP contribution in [0.4, 0.5) is 5.69 Å². The summed E-state index contributed by atoms with van der Waals surface area (Å²) in [5, 5.41) is 0. The fraction of sp³-hybridized carbons (Fsp3) is 0.241. The lowest BCUT2D eigenvalue weighted by Crippen LogP contribution is -2.46. The van der Waals surface area contributed by atoms with E-state index in [0.29, 0.717) is 12.1 Å². The van der Waals surface area contributed by atoms with Gasteiger partial charge in [-0.25, -0.2) is 0 Å². The van der Waals surface area contributed by atoms with Crippen molar-refractivity contribution >= 4 is 29.4 Å². The molecule has 0 fully saturated rings. The third-order valence-electron chi connectivity index (χ3n) is 5.70. The van der Waals surface area contributed by atoms with Crippen molar-refractivity contribution in [1.82, 2.24) is 4.90 Å². The molecule has 1 aliphatic heterocycles. The van der Waals surface area contributed by atoms with Crippen LogP contribution >= 0.6 is 0 Å². The third kappa shape index (κ3) is 5.51. The van der Waals surface area contributed by atoms with Crippen LogP contribution < -0.4 is 4.90 Å². The Labute approximate surface area is 210 Å². The minimum absolute atomic E-state index is 0.262. The average molecular weight is 485 g/mol. The maximum absolute atomic E-state index is 13.6. The van der Waals surface area contributed by atoms with Crippen molar-refractivity contribution in [3.05, 3.63) is 101 Å². The van der Waals surface area contributed by atoms with Gasteiger partial charge in [0.2, 0.25) is 5.91 Å². The van der Waals surface area contributed by atoms with E-state index in [9.17, 15) is 19.2 Å². The molecule has 0 saturated carbocycles. The van der Waals surface area contributed by atoms with E-state index in [2.05, 4.69) is 0 Å². The Kier molecular flexibility index (Phi) is 7.01. The van der Waals surface area contributed by atoms with E-state index in [1.165, 1.54) is 4.90 Å². The first-order valence-electron chi connectivity index (χ1n) is 11.7. The number of benzene rings is 3. The van der Waals surface area contributed by atoms with E-state index in [1.807, 2.05) is 42.5 Å². The van der Waals surface area contributed by atoms with Gasteiger partial charge in [-0.15, -0.1) is 0 Å². The second kappa shape index (κ2) is 10.2. The number of anilines is 1. The van der Waals surface area contributed by atoms with Gasteiger partial charge in [0.15, 0.2) is 0 Å². The van der Waals surface area contributed by atoms with Crippen LogP contribution in [0.2, 0.25) is 0 Å². The smallest absolute Gasteiger partial charge is 0.326 e. The number of nitrogens with zero attached hydrogens (tertiary/aromatic N) is 2. The molecule has 1 heterocycles. The highest BCUT2D eigenvalue weighted by Crippen LogP contribution is 2.26. The molecule has 3 amide bonds. The zero-order valence-corrected chi connectivity index (χ0v) is 20.6. The summed E-state index contributed by atoms with van der Waals surface area (Å²) in [7, 11) is 0. The predicted octanol–water partition coefficient (Wildman–Crippen LogP) is 4.25. The topological polar surface area (TPSA) is 84.0 Å². The molecule has 0 bridgehead atoms. The zero-order valence-electron chi connectivity index (χ0n) is 20.6. The number of imide groups is 1. The molecule has 36 heavy (non-hydrogen) atoms. The first-order valence-corrected chi connectivity index (χ1v) is 11.7. The number of ether oxygens (including phenoxy) is 1. The molecule has 0 spiro atoms. The maximum Gasteiger partial charge on any atom is 0.326 e. The Bertz CT molecular complexity index is 1280. The molecule has 4 rings (SSSR count).